The Labute approximate surface area is 145 Å². The number of benzene rings is 2. The van der Waals surface area contributed by atoms with E-state index in [-0.39, 0.29) is 30.3 Å². The smallest absolute Gasteiger partial charge is 0.240 e. The lowest BCUT2D eigenvalue weighted by atomic mass is 10.1. The zero-order valence-electron chi connectivity index (χ0n) is 13.6. The third-order valence-corrected chi connectivity index (χ3v) is 4.91. The van der Waals surface area contributed by atoms with Crippen LogP contribution in [0.5, 0.6) is 0 Å². The number of amides is 1. The lowest BCUT2D eigenvalue weighted by molar-refractivity contribution is -0.120. The molecule has 134 valence electrons. The molecule has 2 N–H and O–H groups in total. The SMILES string of the molecule is Cc1ccc(S(=O)(=O)NCCNC(=O)Cc2cccc(F)c2)cc1F. The summed E-state index contributed by atoms with van der Waals surface area (Å²) in [5, 5.41) is 2.53. The molecular weight excluding hydrogens is 350 g/mol. The number of hydrogen-bond donors (Lipinski definition) is 2. The second-order valence-electron chi connectivity index (χ2n) is 5.47. The van der Waals surface area contributed by atoms with E-state index in [0.29, 0.717) is 11.1 Å². The van der Waals surface area contributed by atoms with Crippen molar-refractivity contribution in [2.24, 2.45) is 0 Å². The van der Waals surface area contributed by atoms with Gasteiger partial charge in [-0.05, 0) is 42.3 Å². The van der Waals surface area contributed by atoms with Crippen LogP contribution in [0.25, 0.3) is 0 Å². The lowest BCUT2D eigenvalue weighted by Crippen LogP contribution is -2.35. The molecule has 0 aliphatic rings. The molecule has 0 fully saturated rings. The Hall–Kier alpha value is -2.32. The summed E-state index contributed by atoms with van der Waals surface area (Å²) in [6.07, 6.45) is -0.00627. The van der Waals surface area contributed by atoms with Crippen molar-refractivity contribution in [3.05, 3.63) is 65.2 Å². The minimum atomic E-state index is -3.85. The number of nitrogens with one attached hydrogen (secondary N) is 2. The number of halogens is 2. The molecule has 0 aromatic heterocycles. The van der Waals surface area contributed by atoms with Crippen LogP contribution in [0.15, 0.2) is 47.4 Å². The molecule has 1 amide bonds. The summed E-state index contributed by atoms with van der Waals surface area (Å²) in [5.74, 6) is -1.39. The van der Waals surface area contributed by atoms with Gasteiger partial charge in [0.25, 0.3) is 0 Å². The molecule has 0 unspecified atom stereocenters. The van der Waals surface area contributed by atoms with Crippen molar-refractivity contribution in [1.82, 2.24) is 10.0 Å². The third-order valence-electron chi connectivity index (χ3n) is 3.45. The molecule has 0 aliphatic heterocycles. The van der Waals surface area contributed by atoms with Gasteiger partial charge in [-0.15, -0.1) is 0 Å². The van der Waals surface area contributed by atoms with E-state index in [4.69, 9.17) is 0 Å². The number of carbonyl (C=O) groups excluding carboxylic acids is 1. The van der Waals surface area contributed by atoms with Crippen molar-refractivity contribution in [2.75, 3.05) is 13.1 Å². The fraction of sp³-hybridized carbons (Fsp3) is 0.235. The van der Waals surface area contributed by atoms with Gasteiger partial charge in [0.15, 0.2) is 0 Å². The summed E-state index contributed by atoms with van der Waals surface area (Å²) < 4.78 is 52.9. The van der Waals surface area contributed by atoms with Crippen LogP contribution >= 0.6 is 0 Å². The minimum Gasteiger partial charge on any atom is -0.355 e. The molecule has 0 radical (unpaired) electrons. The fourth-order valence-electron chi connectivity index (χ4n) is 2.11. The Balaban J connectivity index is 1.81. The van der Waals surface area contributed by atoms with Gasteiger partial charge in [-0.25, -0.2) is 21.9 Å². The van der Waals surface area contributed by atoms with Crippen molar-refractivity contribution >= 4 is 15.9 Å². The summed E-state index contributed by atoms with van der Waals surface area (Å²) in [5.41, 5.74) is 0.872. The van der Waals surface area contributed by atoms with Crippen molar-refractivity contribution in [2.45, 2.75) is 18.2 Å². The second-order valence-corrected chi connectivity index (χ2v) is 7.23. The Bertz CT molecular complexity index is 870. The van der Waals surface area contributed by atoms with Gasteiger partial charge in [-0.2, -0.15) is 0 Å². The quantitative estimate of drug-likeness (QED) is 0.733. The highest BCUT2D eigenvalue weighted by Crippen LogP contribution is 2.13. The number of sulfonamides is 1. The molecule has 0 saturated carbocycles. The maximum atomic E-state index is 13.5. The van der Waals surface area contributed by atoms with Crippen LogP contribution < -0.4 is 10.0 Å². The molecule has 2 aromatic rings. The summed E-state index contributed by atoms with van der Waals surface area (Å²) in [6.45, 7) is 1.54. The van der Waals surface area contributed by atoms with Gasteiger partial charge in [0, 0.05) is 13.1 Å². The van der Waals surface area contributed by atoms with Gasteiger partial charge < -0.3 is 5.32 Å². The van der Waals surface area contributed by atoms with Crippen molar-refractivity contribution < 1.29 is 22.0 Å². The van der Waals surface area contributed by atoms with Gasteiger partial charge in [0.1, 0.15) is 11.6 Å². The first-order valence-electron chi connectivity index (χ1n) is 7.55. The monoisotopic (exact) mass is 368 g/mol. The average molecular weight is 368 g/mol. The lowest BCUT2D eigenvalue weighted by Gasteiger charge is -2.09. The highest BCUT2D eigenvalue weighted by Gasteiger charge is 2.15. The zero-order valence-corrected chi connectivity index (χ0v) is 14.4. The van der Waals surface area contributed by atoms with Gasteiger partial charge in [-0.1, -0.05) is 18.2 Å². The van der Waals surface area contributed by atoms with Crippen molar-refractivity contribution in [3.63, 3.8) is 0 Å². The van der Waals surface area contributed by atoms with Gasteiger partial charge >= 0.3 is 0 Å². The van der Waals surface area contributed by atoms with E-state index in [1.165, 1.54) is 37.3 Å². The average Bonchev–Trinajstić information content (AvgIpc) is 2.54. The van der Waals surface area contributed by atoms with Gasteiger partial charge in [0.2, 0.25) is 15.9 Å². The molecule has 2 aromatic carbocycles. The molecule has 0 aliphatic carbocycles. The van der Waals surface area contributed by atoms with Crippen molar-refractivity contribution in [3.8, 4) is 0 Å². The first kappa shape index (κ1) is 19.0. The van der Waals surface area contributed by atoms with E-state index >= 15 is 0 Å². The van der Waals surface area contributed by atoms with E-state index in [9.17, 15) is 22.0 Å². The Morgan fingerprint density at radius 2 is 1.84 bits per heavy atom. The van der Waals surface area contributed by atoms with Crippen LogP contribution in [0.2, 0.25) is 0 Å². The number of hydrogen-bond acceptors (Lipinski definition) is 3. The first-order valence-corrected chi connectivity index (χ1v) is 9.03. The van der Waals surface area contributed by atoms with Crippen LogP contribution in [0.1, 0.15) is 11.1 Å². The Kier molecular flexibility index (Phi) is 6.22. The summed E-state index contributed by atoms with van der Waals surface area (Å²) in [7, 11) is -3.85. The molecule has 0 bridgehead atoms. The summed E-state index contributed by atoms with van der Waals surface area (Å²) in [4.78, 5) is 11.6. The maximum Gasteiger partial charge on any atom is 0.240 e. The van der Waals surface area contributed by atoms with Crippen LogP contribution in [-0.2, 0) is 21.2 Å². The fourth-order valence-corrected chi connectivity index (χ4v) is 3.15. The van der Waals surface area contributed by atoms with Gasteiger partial charge in [0.05, 0.1) is 11.3 Å². The molecule has 2 rings (SSSR count). The van der Waals surface area contributed by atoms with E-state index < -0.39 is 21.7 Å². The number of aryl methyl sites for hydroxylation is 1. The number of rotatable bonds is 7. The van der Waals surface area contributed by atoms with E-state index in [1.807, 2.05) is 0 Å². The second kappa shape index (κ2) is 8.17. The zero-order chi connectivity index (χ0) is 18.4. The predicted molar refractivity (Wildman–Crippen MR) is 89.4 cm³/mol. The topological polar surface area (TPSA) is 75.3 Å². The van der Waals surface area contributed by atoms with E-state index in [2.05, 4.69) is 10.0 Å². The van der Waals surface area contributed by atoms with Gasteiger partial charge in [-0.3, -0.25) is 4.79 Å². The standard InChI is InChI=1S/C17H18F2N2O3S/c1-12-5-6-15(11-16(12)19)25(23,24)21-8-7-20-17(22)10-13-3-2-4-14(18)9-13/h2-6,9,11,21H,7-8,10H2,1H3,(H,20,22). The van der Waals surface area contributed by atoms with E-state index in [1.54, 1.807) is 6.07 Å². The third kappa shape index (κ3) is 5.61. The molecule has 5 nitrogen and oxygen atoms in total. The number of carbonyl (C=O) groups is 1. The Morgan fingerprint density at radius 1 is 1.08 bits per heavy atom. The maximum absolute atomic E-state index is 13.5. The summed E-state index contributed by atoms with van der Waals surface area (Å²) in [6, 6.07) is 9.30. The molecule has 25 heavy (non-hydrogen) atoms. The normalized spacial score (nSPS) is 11.3. The molecule has 0 atom stereocenters. The summed E-state index contributed by atoms with van der Waals surface area (Å²) >= 11 is 0. The Morgan fingerprint density at radius 3 is 2.52 bits per heavy atom. The van der Waals surface area contributed by atoms with Crippen LogP contribution in [-0.4, -0.2) is 27.4 Å². The van der Waals surface area contributed by atoms with Crippen LogP contribution in [0.3, 0.4) is 0 Å². The van der Waals surface area contributed by atoms with Crippen LogP contribution in [0, 0.1) is 18.6 Å². The molecule has 0 spiro atoms. The molecule has 0 heterocycles. The van der Waals surface area contributed by atoms with Crippen molar-refractivity contribution in [1.29, 1.82) is 0 Å². The largest absolute Gasteiger partial charge is 0.355 e. The predicted octanol–water partition coefficient (Wildman–Crippen LogP) is 1.91. The molecule has 8 heteroatoms. The minimum absolute atomic E-state index is 0.00627. The molecular formula is C17H18F2N2O3S. The highest BCUT2D eigenvalue weighted by molar-refractivity contribution is 7.89. The first-order chi connectivity index (χ1) is 11.8. The molecule has 0 saturated heterocycles. The van der Waals surface area contributed by atoms with E-state index in [0.717, 1.165) is 6.07 Å². The highest BCUT2D eigenvalue weighted by atomic mass is 32.2. The van der Waals surface area contributed by atoms with Crippen LogP contribution in [0.4, 0.5) is 8.78 Å².